The number of rotatable bonds is 8. The highest BCUT2D eigenvalue weighted by atomic mass is 16.5. The van der Waals surface area contributed by atoms with Crippen LogP contribution in [0.4, 0.5) is 0 Å². The van der Waals surface area contributed by atoms with Crippen LogP contribution in [0.2, 0.25) is 0 Å². The lowest BCUT2D eigenvalue weighted by Gasteiger charge is -2.56. The van der Waals surface area contributed by atoms with E-state index in [-0.39, 0.29) is 0 Å². The Hall–Kier alpha value is -0.900. The zero-order chi connectivity index (χ0) is 16.6. The van der Waals surface area contributed by atoms with Crippen molar-refractivity contribution in [3.63, 3.8) is 0 Å². The first kappa shape index (κ1) is 16.6. The maximum absolute atomic E-state index is 5.48. The minimum absolute atomic E-state index is 0.502. The summed E-state index contributed by atoms with van der Waals surface area (Å²) in [5.74, 6) is 4.67. The third kappa shape index (κ3) is 3.68. The average molecular weight is 330 g/mol. The van der Waals surface area contributed by atoms with Crippen LogP contribution in [-0.4, -0.2) is 35.7 Å². The van der Waals surface area contributed by atoms with Crippen molar-refractivity contribution in [1.82, 2.24) is 15.0 Å². The van der Waals surface area contributed by atoms with Crippen LogP contribution in [0.15, 0.2) is 4.52 Å². The highest BCUT2D eigenvalue weighted by Gasteiger charge is 2.51. The summed E-state index contributed by atoms with van der Waals surface area (Å²) >= 11 is 0. The van der Waals surface area contributed by atoms with Crippen LogP contribution in [0.3, 0.4) is 0 Å². The Morgan fingerprint density at radius 3 is 2.38 bits per heavy atom. The quantitative estimate of drug-likeness (QED) is 0.673. The molecule has 0 atom stereocenters. The van der Waals surface area contributed by atoms with Gasteiger partial charge in [-0.15, -0.1) is 0 Å². The summed E-state index contributed by atoms with van der Waals surface area (Å²) in [6.45, 7) is 1.15. The lowest BCUT2D eigenvalue weighted by Crippen LogP contribution is -2.47. The van der Waals surface area contributed by atoms with Gasteiger partial charge in [0.15, 0.2) is 5.82 Å². The van der Waals surface area contributed by atoms with Crippen LogP contribution in [0.25, 0.3) is 0 Å². The molecule has 1 aromatic heterocycles. The molecule has 0 N–H and O–H groups in total. The summed E-state index contributed by atoms with van der Waals surface area (Å²) in [6.07, 6.45) is 15.3. The van der Waals surface area contributed by atoms with Gasteiger partial charge in [0.05, 0.1) is 6.42 Å². The molecule has 0 aliphatic heterocycles. The standard InChI is InChI=1S/C20H32N3O/c1-23(2)7-5-3-4-6-19-21-18(22-24-19)14-20-11-15-8-16(12-20)10-17(9-15)13-20/h6,15-17H,3-5,7-14H2,1-2H3. The Bertz CT molecular complexity index is 516. The van der Waals surface area contributed by atoms with Crippen molar-refractivity contribution in [3.8, 4) is 0 Å². The van der Waals surface area contributed by atoms with Crippen molar-refractivity contribution < 1.29 is 4.52 Å². The number of nitrogens with zero attached hydrogens (tertiary/aromatic N) is 3. The van der Waals surface area contributed by atoms with E-state index in [9.17, 15) is 0 Å². The van der Waals surface area contributed by atoms with E-state index in [0.29, 0.717) is 5.41 Å². The smallest absolute Gasteiger partial charge is 0.230 e. The van der Waals surface area contributed by atoms with Crippen molar-refractivity contribution in [2.24, 2.45) is 23.2 Å². The van der Waals surface area contributed by atoms with E-state index >= 15 is 0 Å². The van der Waals surface area contributed by atoms with Crippen molar-refractivity contribution in [2.75, 3.05) is 20.6 Å². The molecule has 4 aliphatic carbocycles. The van der Waals surface area contributed by atoms with Gasteiger partial charge in [-0.3, -0.25) is 0 Å². The van der Waals surface area contributed by atoms with E-state index in [1.54, 1.807) is 0 Å². The summed E-state index contributed by atoms with van der Waals surface area (Å²) < 4.78 is 5.48. The minimum Gasteiger partial charge on any atom is -0.339 e. The molecule has 133 valence electrons. The third-order valence-electron chi connectivity index (χ3n) is 6.56. The summed E-state index contributed by atoms with van der Waals surface area (Å²) in [4.78, 5) is 6.91. The lowest BCUT2D eigenvalue weighted by molar-refractivity contribution is -0.0533. The van der Waals surface area contributed by atoms with Gasteiger partial charge < -0.3 is 9.42 Å². The van der Waals surface area contributed by atoms with Gasteiger partial charge in [-0.25, -0.2) is 0 Å². The van der Waals surface area contributed by atoms with Gasteiger partial charge in [-0.2, -0.15) is 4.98 Å². The summed E-state index contributed by atoms with van der Waals surface area (Å²) in [5.41, 5.74) is 0.502. The van der Waals surface area contributed by atoms with Gasteiger partial charge >= 0.3 is 0 Å². The number of unbranched alkanes of at least 4 members (excludes halogenated alkanes) is 2. The van der Waals surface area contributed by atoms with Crippen LogP contribution in [0.1, 0.15) is 69.5 Å². The molecule has 4 saturated carbocycles. The molecule has 24 heavy (non-hydrogen) atoms. The molecule has 4 bridgehead atoms. The Morgan fingerprint density at radius 2 is 1.75 bits per heavy atom. The topological polar surface area (TPSA) is 42.2 Å². The predicted octanol–water partition coefficient (Wildman–Crippen LogP) is 4.11. The first-order valence-electron chi connectivity index (χ1n) is 9.91. The SMILES string of the molecule is CN(C)CCCC[CH]c1nc(CC23CC4CC(CC(C4)C2)C3)no1. The Morgan fingerprint density at radius 1 is 1.08 bits per heavy atom. The van der Waals surface area contributed by atoms with Crippen molar-refractivity contribution in [1.29, 1.82) is 0 Å². The summed E-state index contributed by atoms with van der Waals surface area (Å²) in [7, 11) is 4.25. The fraction of sp³-hybridized carbons (Fsp3) is 0.850. The highest BCUT2D eigenvalue weighted by Crippen LogP contribution is 2.60. The molecule has 0 spiro atoms. The van der Waals surface area contributed by atoms with E-state index in [4.69, 9.17) is 4.52 Å². The molecule has 4 heteroatoms. The van der Waals surface area contributed by atoms with Crippen molar-refractivity contribution in [3.05, 3.63) is 18.1 Å². The molecule has 4 nitrogen and oxygen atoms in total. The monoisotopic (exact) mass is 330 g/mol. The predicted molar refractivity (Wildman–Crippen MR) is 94.4 cm³/mol. The van der Waals surface area contributed by atoms with Crippen molar-refractivity contribution in [2.45, 2.75) is 64.2 Å². The molecular weight excluding hydrogens is 298 g/mol. The summed E-state index contributed by atoms with van der Waals surface area (Å²) in [6, 6.07) is 0. The van der Waals surface area contributed by atoms with Crippen LogP contribution in [-0.2, 0) is 6.42 Å². The van der Waals surface area contributed by atoms with Gasteiger partial charge in [0.1, 0.15) is 0 Å². The molecule has 0 saturated heterocycles. The molecular formula is C20H32N3O. The van der Waals surface area contributed by atoms with Gasteiger partial charge in [-0.05, 0) is 95.2 Å². The second-order valence-electron chi connectivity index (χ2n) is 9.15. The fourth-order valence-corrected chi connectivity index (χ4v) is 6.06. The molecule has 1 heterocycles. The largest absolute Gasteiger partial charge is 0.339 e. The normalized spacial score (nSPS) is 34.4. The first-order valence-corrected chi connectivity index (χ1v) is 9.91. The molecule has 1 aromatic rings. The number of aromatic nitrogens is 2. The Kier molecular flexibility index (Phi) is 4.68. The van der Waals surface area contributed by atoms with Crippen LogP contribution in [0.5, 0.6) is 0 Å². The van der Waals surface area contributed by atoms with E-state index in [1.165, 1.54) is 51.4 Å². The Balaban J connectivity index is 1.28. The maximum atomic E-state index is 5.48. The number of hydrogen-bond acceptors (Lipinski definition) is 4. The van der Waals surface area contributed by atoms with Gasteiger partial charge in [-0.1, -0.05) is 11.6 Å². The van der Waals surface area contributed by atoms with Crippen molar-refractivity contribution >= 4 is 0 Å². The molecule has 1 radical (unpaired) electrons. The number of hydrogen-bond donors (Lipinski definition) is 0. The third-order valence-corrected chi connectivity index (χ3v) is 6.56. The molecule has 0 unspecified atom stereocenters. The van der Waals surface area contributed by atoms with E-state index in [1.807, 2.05) is 0 Å². The molecule has 4 fully saturated rings. The van der Waals surface area contributed by atoms with Crippen LogP contribution >= 0.6 is 0 Å². The minimum atomic E-state index is 0.502. The fourth-order valence-electron chi connectivity index (χ4n) is 6.06. The van der Waals surface area contributed by atoms with E-state index < -0.39 is 0 Å². The molecule has 0 aromatic carbocycles. The van der Waals surface area contributed by atoms with Crippen LogP contribution < -0.4 is 0 Å². The molecule has 0 amide bonds. The summed E-state index contributed by atoms with van der Waals surface area (Å²) in [5, 5.41) is 4.29. The second kappa shape index (κ2) is 6.78. The van der Waals surface area contributed by atoms with Gasteiger partial charge in [0, 0.05) is 6.42 Å². The van der Waals surface area contributed by atoms with Gasteiger partial charge in [0.25, 0.3) is 0 Å². The highest BCUT2D eigenvalue weighted by molar-refractivity contribution is 5.06. The zero-order valence-electron chi connectivity index (χ0n) is 15.3. The van der Waals surface area contributed by atoms with Gasteiger partial charge in [0.2, 0.25) is 5.89 Å². The Labute approximate surface area is 146 Å². The molecule has 5 rings (SSSR count). The molecule has 4 aliphatic rings. The van der Waals surface area contributed by atoms with E-state index in [0.717, 1.165) is 48.9 Å². The lowest BCUT2D eigenvalue weighted by atomic mass is 9.49. The average Bonchev–Trinajstić information content (AvgIpc) is 2.91. The maximum Gasteiger partial charge on any atom is 0.230 e. The van der Waals surface area contributed by atoms with E-state index in [2.05, 4.69) is 35.6 Å². The zero-order valence-corrected chi connectivity index (χ0v) is 15.3. The first-order chi connectivity index (χ1) is 11.6. The van der Waals surface area contributed by atoms with Crippen LogP contribution in [0, 0.1) is 29.6 Å². The second-order valence-corrected chi connectivity index (χ2v) is 9.15.